The van der Waals surface area contributed by atoms with Crippen molar-refractivity contribution in [1.29, 1.82) is 0 Å². The van der Waals surface area contributed by atoms with Gasteiger partial charge in [-0.25, -0.2) is 9.59 Å². The molecular formula is C41H47NO17. The molecule has 0 radical (unpaired) electrons. The minimum absolute atomic E-state index is 0.0318. The number of ether oxygens (including phenoxy) is 8. The van der Waals surface area contributed by atoms with E-state index in [9.17, 15) is 43.8 Å². The Morgan fingerprint density at radius 1 is 0.847 bits per heavy atom. The average Bonchev–Trinajstić information content (AvgIpc) is 3.37. The fraction of sp³-hybridized carbons (Fsp3) is 0.561. The Balaban J connectivity index is 1.72. The van der Waals surface area contributed by atoms with Gasteiger partial charge in [-0.05, 0) is 51.0 Å². The van der Waals surface area contributed by atoms with Gasteiger partial charge in [0, 0.05) is 33.9 Å². The molecule has 1 aromatic heterocycles. The van der Waals surface area contributed by atoms with Crippen LogP contribution in [0.1, 0.15) is 81.3 Å². The number of benzene rings is 1. The molecule has 59 heavy (non-hydrogen) atoms. The van der Waals surface area contributed by atoms with Crippen molar-refractivity contribution in [2.45, 2.75) is 115 Å². The summed E-state index contributed by atoms with van der Waals surface area (Å²) >= 11 is 0. The monoisotopic (exact) mass is 825 g/mol. The van der Waals surface area contributed by atoms with Gasteiger partial charge in [0.1, 0.15) is 41.5 Å². The molecule has 1 saturated heterocycles. The van der Waals surface area contributed by atoms with E-state index < -0.39 is 126 Å². The van der Waals surface area contributed by atoms with Crippen LogP contribution in [0.3, 0.4) is 0 Å². The highest BCUT2D eigenvalue weighted by atomic mass is 16.7. The summed E-state index contributed by atoms with van der Waals surface area (Å²) in [7, 11) is 0. The number of carbonyl (C=O) groups excluding carboxylic acids is 7. The zero-order chi connectivity index (χ0) is 43.2. The number of esters is 7. The Morgan fingerprint density at radius 3 is 2.08 bits per heavy atom. The second kappa shape index (κ2) is 16.0. The fourth-order valence-corrected chi connectivity index (χ4v) is 9.44. The second-order valence-electron chi connectivity index (χ2n) is 15.8. The first kappa shape index (κ1) is 43.1. The Labute approximate surface area is 338 Å². The van der Waals surface area contributed by atoms with Crippen molar-refractivity contribution in [1.82, 2.24) is 4.98 Å². The molecule has 1 spiro atoms. The summed E-state index contributed by atoms with van der Waals surface area (Å²) in [4.78, 5) is 98.9. The van der Waals surface area contributed by atoms with Gasteiger partial charge in [0.15, 0.2) is 24.4 Å². The van der Waals surface area contributed by atoms with E-state index in [2.05, 4.69) is 4.98 Å². The Hall–Kier alpha value is -5.46. The summed E-state index contributed by atoms with van der Waals surface area (Å²) in [5, 5.41) is 26.3. The number of pyridine rings is 1. The van der Waals surface area contributed by atoms with Gasteiger partial charge in [0.2, 0.25) is 0 Å². The highest BCUT2D eigenvalue weighted by molar-refractivity contribution is 5.91. The molecular weight excluding hydrogens is 778 g/mol. The molecule has 18 nitrogen and oxygen atoms in total. The van der Waals surface area contributed by atoms with Crippen LogP contribution in [-0.2, 0) is 68.3 Å². The maximum atomic E-state index is 14.2. The SMILES string of the molecule is CC(=O)OC[C@@]12[C@H](OC(C)=O)[C@H](OC(C)=O)[C@H]3[C@@H](O)[C@]14O[C@@]3(C)COC(=O)c1cccnc1CC[C@H](C)C(=O)O[C@@H]([C@H](OC(=O)c1ccccc1)[C@H]2OC(C)=O)[C@]4(C)O. The van der Waals surface area contributed by atoms with Crippen LogP contribution in [0.4, 0.5) is 0 Å². The van der Waals surface area contributed by atoms with E-state index in [1.807, 2.05) is 0 Å². The normalized spacial score (nSPS) is 36.3. The van der Waals surface area contributed by atoms with E-state index >= 15 is 0 Å². The summed E-state index contributed by atoms with van der Waals surface area (Å²) < 4.78 is 48.5. The predicted molar refractivity (Wildman–Crippen MR) is 196 cm³/mol. The van der Waals surface area contributed by atoms with Crippen molar-refractivity contribution in [3.63, 3.8) is 0 Å². The first-order chi connectivity index (χ1) is 27.7. The number of cyclic esters (lactones) is 1. The molecule has 2 aliphatic heterocycles. The Morgan fingerprint density at radius 2 is 1.47 bits per heavy atom. The number of rotatable bonds is 7. The van der Waals surface area contributed by atoms with E-state index in [4.69, 9.17) is 37.9 Å². The molecule has 2 aromatic rings. The first-order valence-electron chi connectivity index (χ1n) is 19.0. The molecule has 2 aliphatic carbocycles. The van der Waals surface area contributed by atoms with Crippen LogP contribution in [0.15, 0.2) is 48.7 Å². The lowest BCUT2D eigenvalue weighted by atomic mass is 9.45. The largest absolute Gasteiger partial charge is 0.465 e. The third-order valence-electron chi connectivity index (χ3n) is 11.8. The Bertz CT molecular complexity index is 2020. The second-order valence-corrected chi connectivity index (χ2v) is 15.8. The van der Waals surface area contributed by atoms with Crippen molar-refractivity contribution in [2.24, 2.45) is 17.3 Å². The van der Waals surface area contributed by atoms with Crippen LogP contribution >= 0.6 is 0 Å². The number of hydrogen-bond acceptors (Lipinski definition) is 18. The molecule has 12 atom stereocenters. The molecule has 318 valence electrons. The molecule has 4 aliphatic rings. The average molecular weight is 826 g/mol. The highest BCUT2D eigenvalue weighted by Gasteiger charge is 2.91. The maximum Gasteiger partial charge on any atom is 0.340 e. The van der Waals surface area contributed by atoms with Crippen molar-refractivity contribution < 1.29 is 81.7 Å². The number of hydrogen-bond donors (Lipinski definition) is 2. The third kappa shape index (κ3) is 7.20. The summed E-state index contributed by atoms with van der Waals surface area (Å²) in [5.74, 6) is -9.51. The molecule has 1 aromatic carbocycles. The van der Waals surface area contributed by atoms with E-state index in [-0.39, 0.29) is 29.7 Å². The Kier molecular flexibility index (Phi) is 11.7. The van der Waals surface area contributed by atoms with Gasteiger partial charge in [-0.3, -0.25) is 29.0 Å². The molecule has 2 N–H and O–H groups in total. The molecule has 0 unspecified atom stereocenters. The van der Waals surface area contributed by atoms with E-state index in [0.29, 0.717) is 0 Å². The number of aryl methyl sites for hydroxylation is 1. The van der Waals surface area contributed by atoms with Gasteiger partial charge >= 0.3 is 41.8 Å². The lowest BCUT2D eigenvalue weighted by Crippen LogP contribution is -2.89. The number of aromatic nitrogens is 1. The van der Waals surface area contributed by atoms with Crippen LogP contribution < -0.4 is 0 Å². The van der Waals surface area contributed by atoms with Gasteiger partial charge in [-0.2, -0.15) is 0 Å². The van der Waals surface area contributed by atoms with Crippen molar-refractivity contribution in [3.8, 4) is 0 Å². The molecule has 6 rings (SSSR count). The van der Waals surface area contributed by atoms with Crippen molar-refractivity contribution in [3.05, 3.63) is 65.5 Å². The molecule has 4 bridgehead atoms. The molecule has 2 saturated carbocycles. The van der Waals surface area contributed by atoms with Crippen LogP contribution in [0.2, 0.25) is 0 Å². The van der Waals surface area contributed by atoms with Crippen molar-refractivity contribution in [2.75, 3.05) is 13.2 Å². The van der Waals surface area contributed by atoms with Crippen LogP contribution in [-0.4, -0.2) is 124 Å². The number of aliphatic hydroxyl groups excluding tert-OH is 1. The van der Waals surface area contributed by atoms with Gasteiger partial charge < -0.3 is 48.1 Å². The molecule has 0 amide bonds. The summed E-state index contributed by atoms with van der Waals surface area (Å²) in [6.07, 6.45) is -10.6. The number of nitrogens with zero attached hydrogens (tertiary/aromatic N) is 1. The zero-order valence-electron chi connectivity index (χ0n) is 33.5. The van der Waals surface area contributed by atoms with Gasteiger partial charge in [0.05, 0.1) is 34.8 Å². The van der Waals surface area contributed by atoms with E-state index in [0.717, 1.165) is 34.6 Å². The maximum absolute atomic E-state index is 14.2. The summed E-state index contributed by atoms with van der Waals surface area (Å²) in [6, 6.07) is 10.5. The quantitative estimate of drug-likeness (QED) is 0.297. The predicted octanol–water partition coefficient (Wildman–Crippen LogP) is 1.59. The van der Waals surface area contributed by atoms with Gasteiger partial charge in [0.25, 0.3) is 0 Å². The van der Waals surface area contributed by atoms with E-state index in [1.54, 1.807) is 6.07 Å². The standard InChI is InChI=1S/C41H47NO17/c1-20-15-16-27-26(14-11-17-42-27)37(50)53-18-38(6)28-29(54-22(3)44)33(55-23(4)45)40(19-52-21(2)43)34(56-24(5)46)30(57-36(49)25-12-9-8-10-13-25)32(58-35(20)48)39(7,51)41(40,59-38)31(28)47/h8-14,17,20,28-34,47,51H,15-16,18-19H2,1-7H3/t20-,28-,29+,30-,31+,32-,33+,34+,38-,39-,40-,41+/m0/s1. The van der Waals surface area contributed by atoms with Crippen molar-refractivity contribution >= 4 is 41.8 Å². The van der Waals surface area contributed by atoms with Gasteiger partial charge in [-0.15, -0.1) is 0 Å². The molecule has 3 fully saturated rings. The molecule has 3 heterocycles. The fourth-order valence-electron chi connectivity index (χ4n) is 9.44. The van der Waals surface area contributed by atoms with E-state index in [1.165, 1.54) is 56.4 Å². The van der Waals surface area contributed by atoms with Crippen LogP contribution in [0, 0.1) is 17.3 Å². The first-order valence-corrected chi connectivity index (χ1v) is 19.0. The minimum Gasteiger partial charge on any atom is -0.465 e. The van der Waals surface area contributed by atoms with Crippen LogP contribution in [0.25, 0.3) is 0 Å². The minimum atomic E-state index is -2.81. The number of fused-ring (bicyclic) bond motifs is 5. The molecule has 18 heteroatoms. The summed E-state index contributed by atoms with van der Waals surface area (Å²) in [5.41, 5.74) is -9.93. The highest BCUT2D eigenvalue weighted by Crippen LogP contribution is 2.69. The summed E-state index contributed by atoms with van der Waals surface area (Å²) in [6.45, 7) is 6.22. The smallest absolute Gasteiger partial charge is 0.340 e. The third-order valence-corrected chi connectivity index (χ3v) is 11.8. The van der Waals surface area contributed by atoms with Gasteiger partial charge in [-0.1, -0.05) is 25.1 Å². The number of carbonyl (C=O) groups is 7. The number of aliphatic hydroxyl groups is 2. The zero-order valence-corrected chi connectivity index (χ0v) is 33.5. The topological polar surface area (TPSA) is 247 Å². The van der Waals surface area contributed by atoms with Crippen LogP contribution in [0.5, 0.6) is 0 Å². The lowest BCUT2D eigenvalue weighted by molar-refractivity contribution is -0.385. The lowest BCUT2D eigenvalue weighted by Gasteiger charge is -2.67.